The van der Waals surface area contributed by atoms with Gasteiger partial charge < -0.3 is 0 Å². The van der Waals surface area contributed by atoms with Gasteiger partial charge in [-0.15, -0.1) is 0 Å². The Labute approximate surface area is 96.3 Å². The van der Waals surface area contributed by atoms with Gasteiger partial charge in [0.25, 0.3) is 0 Å². The average Bonchev–Trinajstić information content (AvgIpc) is 2.30. The summed E-state index contributed by atoms with van der Waals surface area (Å²) < 4.78 is 11.9. The predicted molar refractivity (Wildman–Crippen MR) is 61.1 cm³/mol. The summed E-state index contributed by atoms with van der Waals surface area (Å²) >= 11 is 0. The molecule has 0 fully saturated rings. The van der Waals surface area contributed by atoms with E-state index in [1.54, 1.807) is 18.5 Å². The summed E-state index contributed by atoms with van der Waals surface area (Å²) in [6, 6.07) is 7.32. The quantitative estimate of drug-likeness (QED) is 0.754. The van der Waals surface area contributed by atoms with Crippen LogP contribution in [0.3, 0.4) is 0 Å². The number of nitrogens with zero attached hydrogens (tertiary/aromatic N) is 3. The highest BCUT2D eigenvalue weighted by Crippen LogP contribution is 2.06. The number of pyridine rings is 1. The molecule has 2 rings (SSSR count). The molecule has 0 radical (unpaired) electrons. The topological polar surface area (TPSA) is 55.7 Å². The predicted octanol–water partition coefficient (Wildman–Crippen LogP) is 1.49. The van der Waals surface area contributed by atoms with Crippen molar-refractivity contribution in [2.75, 3.05) is 0 Å². The van der Waals surface area contributed by atoms with E-state index in [0.717, 1.165) is 11.4 Å². The van der Waals surface area contributed by atoms with Gasteiger partial charge in [0, 0.05) is 18.1 Å². The van der Waals surface area contributed by atoms with Crippen molar-refractivity contribution >= 4 is 10.8 Å². The van der Waals surface area contributed by atoms with Gasteiger partial charge in [0.2, 0.25) is 5.16 Å². The second-order valence-electron chi connectivity index (χ2n) is 3.29. The summed E-state index contributed by atoms with van der Waals surface area (Å²) in [6.45, 7) is 1.85. The van der Waals surface area contributed by atoms with Crippen LogP contribution in [0.4, 0.5) is 0 Å². The molecule has 4 nitrogen and oxygen atoms in total. The standard InChI is InChI=1S/C11H11N3OS/c1-9-5-7-13-11(14-9)16(15)8-10-4-2-3-6-12-10/h2-7H,8H2,1H3. The lowest BCUT2D eigenvalue weighted by Crippen LogP contribution is -2.03. The fourth-order valence-corrected chi connectivity index (χ4v) is 2.21. The van der Waals surface area contributed by atoms with Gasteiger partial charge in [0.05, 0.1) is 22.2 Å². The van der Waals surface area contributed by atoms with Crippen LogP contribution in [0.15, 0.2) is 41.8 Å². The molecule has 0 spiro atoms. The van der Waals surface area contributed by atoms with Crippen LogP contribution in [0.1, 0.15) is 11.4 Å². The number of rotatable bonds is 3. The maximum absolute atomic E-state index is 11.9. The highest BCUT2D eigenvalue weighted by atomic mass is 32.2. The van der Waals surface area contributed by atoms with Crippen molar-refractivity contribution in [1.82, 2.24) is 15.0 Å². The summed E-state index contributed by atoms with van der Waals surface area (Å²) in [4.78, 5) is 12.2. The van der Waals surface area contributed by atoms with E-state index < -0.39 is 10.8 Å². The highest BCUT2D eigenvalue weighted by Gasteiger charge is 2.08. The Kier molecular flexibility index (Phi) is 3.36. The van der Waals surface area contributed by atoms with E-state index in [-0.39, 0.29) is 0 Å². The van der Waals surface area contributed by atoms with Crippen molar-refractivity contribution < 1.29 is 4.21 Å². The van der Waals surface area contributed by atoms with E-state index >= 15 is 0 Å². The molecule has 16 heavy (non-hydrogen) atoms. The van der Waals surface area contributed by atoms with E-state index in [1.807, 2.05) is 25.1 Å². The van der Waals surface area contributed by atoms with Gasteiger partial charge in [-0.1, -0.05) is 6.07 Å². The maximum atomic E-state index is 11.9. The van der Waals surface area contributed by atoms with E-state index in [1.165, 1.54) is 0 Å². The fraction of sp³-hybridized carbons (Fsp3) is 0.182. The number of hydrogen-bond acceptors (Lipinski definition) is 4. The van der Waals surface area contributed by atoms with Gasteiger partial charge >= 0.3 is 0 Å². The Balaban J connectivity index is 2.15. The van der Waals surface area contributed by atoms with E-state index in [9.17, 15) is 4.21 Å². The number of aryl methyl sites for hydroxylation is 1. The first-order valence-corrected chi connectivity index (χ1v) is 6.15. The summed E-state index contributed by atoms with van der Waals surface area (Å²) in [5.74, 6) is 0.351. The summed E-state index contributed by atoms with van der Waals surface area (Å²) in [7, 11) is -1.23. The summed E-state index contributed by atoms with van der Waals surface area (Å²) in [5.41, 5.74) is 1.60. The minimum absolute atomic E-state index is 0.351. The maximum Gasteiger partial charge on any atom is 0.219 e. The molecule has 0 bridgehead atoms. The monoisotopic (exact) mass is 233 g/mol. The molecular weight excluding hydrogens is 222 g/mol. The van der Waals surface area contributed by atoms with Crippen LogP contribution in [0.5, 0.6) is 0 Å². The second-order valence-corrected chi connectivity index (χ2v) is 4.64. The largest absolute Gasteiger partial charge is 0.260 e. The third-order valence-corrected chi connectivity index (χ3v) is 3.14. The molecule has 0 saturated heterocycles. The van der Waals surface area contributed by atoms with Crippen LogP contribution in [0, 0.1) is 6.92 Å². The first-order valence-electron chi connectivity index (χ1n) is 4.83. The molecule has 2 aromatic heterocycles. The Morgan fingerprint density at radius 1 is 1.19 bits per heavy atom. The molecule has 0 aliphatic heterocycles. The molecule has 0 N–H and O–H groups in total. The van der Waals surface area contributed by atoms with E-state index in [4.69, 9.17) is 0 Å². The zero-order chi connectivity index (χ0) is 11.4. The Morgan fingerprint density at radius 2 is 2.06 bits per heavy atom. The van der Waals surface area contributed by atoms with Gasteiger partial charge in [-0.2, -0.15) is 0 Å². The van der Waals surface area contributed by atoms with Gasteiger partial charge in [0.1, 0.15) is 0 Å². The Bertz CT molecular complexity index is 502. The van der Waals surface area contributed by atoms with E-state index in [0.29, 0.717) is 10.9 Å². The van der Waals surface area contributed by atoms with Gasteiger partial charge in [-0.05, 0) is 25.1 Å². The lowest BCUT2D eigenvalue weighted by atomic mass is 10.4. The molecule has 1 unspecified atom stereocenters. The number of aromatic nitrogens is 3. The minimum atomic E-state index is -1.23. The Hall–Kier alpha value is -1.62. The van der Waals surface area contributed by atoms with Crippen molar-refractivity contribution in [1.29, 1.82) is 0 Å². The van der Waals surface area contributed by atoms with Gasteiger partial charge in [-0.25, -0.2) is 9.97 Å². The summed E-state index contributed by atoms with van der Waals surface area (Å²) in [5, 5.41) is 0.366. The smallest absolute Gasteiger partial charge is 0.219 e. The zero-order valence-corrected chi connectivity index (χ0v) is 9.65. The molecular formula is C11H11N3OS. The molecule has 0 amide bonds. The molecule has 2 heterocycles. The van der Waals surface area contributed by atoms with Crippen LogP contribution in [-0.4, -0.2) is 19.2 Å². The first-order chi connectivity index (χ1) is 7.75. The van der Waals surface area contributed by atoms with Crippen LogP contribution < -0.4 is 0 Å². The normalized spacial score (nSPS) is 12.3. The molecule has 0 aromatic carbocycles. The van der Waals surface area contributed by atoms with Crippen LogP contribution >= 0.6 is 0 Å². The molecule has 5 heteroatoms. The van der Waals surface area contributed by atoms with Gasteiger partial charge in [-0.3, -0.25) is 9.19 Å². The minimum Gasteiger partial charge on any atom is -0.260 e. The lowest BCUT2D eigenvalue weighted by molar-refractivity contribution is 0.673. The SMILES string of the molecule is Cc1ccnc(S(=O)Cc2ccccn2)n1. The lowest BCUT2D eigenvalue weighted by Gasteiger charge is -2.00. The first kappa shape index (κ1) is 10.9. The highest BCUT2D eigenvalue weighted by molar-refractivity contribution is 7.84. The average molecular weight is 233 g/mol. The zero-order valence-electron chi connectivity index (χ0n) is 8.83. The summed E-state index contributed by atoms with van der Waals surface area (Å²) in [6.07, 6.45) is 3.30. The van der Waals surface area contributed by atoms with Crippen LogP contribution in [-0.2, 0) is 16.6 Å². The van der Waals surface area contributed by atoms with Crippen molar-refractivity contribution in [2.45, 2.75) is 17.8 Å². The molecule has 2 aromatic rings. The van der Waals surface area contributed by atoms with Crippen molar-refractivity contribution in [3.8, 4) is 0 Å². The molecule has 1 atom stereocenters. The molecule has 0 aliphatic rings. The van der Waals surface area contributed by atoms with Crippen LogP contribution in [0.25, 0.3) is 0 Å². The van der Waals surface area contributed by atoms with Crippen molar-refractivity contribution in [2.24, 2.45) is 0 Å². The fourth-order valence-electron chi connectivity index (χ4n) is 1.22. The number of hydrogen-bond donors (Lipinski definition) is 0. The van der Waals surface area contributed by atoms with Crippen LogP contribution in [0.2, 0.25) is 0 Å². The van der Waals surface area contributed by atoms with Crippen molar-refractivity contribution in [3.63, 3.8) is 0 Å². The molecule has 82 valence electrons. The van der Waals surface area contributed by atoms with E-state index in [2.05, 4.69) is 15.0 Å². The third kappa shape index (κ3) is 2.70. The molecule has 0 saturated carbocycles. The second kappa shape index (κ2) is 4.94. The molecule has 0 aliphatic carbocycles. The Morgan fingerprint density at radius 3 is 2.75 bits per heavy atom. The van der Waals surface area contributed by atoms with Gasteiger partial charge in [0.15, 0.2) is 0 Å². The van der Waals surface area contributed by atoms with Crippen molar-refractivity contribution in [3.05, 3.63) is 48.0 Å². The third-order valence-electron chi connectivity index (χ3n) is 1.98.